The summed E-state index contributed by atoms with van der Waals surface area (Å²) < 4.78 is 16.9. The SMILES string of the molecule is CC/C=C\C/C=C\C/C=C\C/C=C\C/C=C\CCCCCC(=O)OC(COC(=O)CCCCCCCCCCCCCCCC)COC(=O)CCCCCCCCCCCCCCCCCCC/C=C\CCCCCCCCCC. The molecule has 6 heteroatoms. The van der Waals surface area contributed by atoms with Crippen LogP contribution < -0.4 is 0 Å². The summed E-state index contributed by atoms with van der Waals surface area (Å²) in [5, 5.41) is 0. The highest BCUT2D eigenvalue weighted by molar-refractivity contribution is 5.71. The van der Waals surface area contributed by atoms with E-state index in [1.807, 2.05) is 0 Å². The number of carbonyl (C=O) groups excluding carboxylic acids is 3. The van der Waals surface area contributed by atoms with Crippen molar-refractivity contribution in [2.45, 2.75) is 367 Å². The van der Waals surface area contributed by atoms with E-state index in [1.165, 1.54) is 225 Å². The van der Waals surface area contributed by atoms with Crippen LogP contribution in [0.25, 0.3) is 0 Å². The molecule has 464 valence electrons. The number of carbonyl (C=O) groups is 3. The third-order valence-electron chi connectivity index (χ3n) is 15.4. The summed E-state index contributed by atoms with van der Waals surface area (Å²) >= 11 is 0. The van der Waals surface area contributed by atoms with E-state index in [1.54, 1.807) is 0 Å². The van der Waals surface area contributed by atoms with Crippen LogP contribution in [0.15, 0.2) is 72.9 Å². The lowest BCUT2D eigenvalue weighted by Gasteiger charge is -2.18. The standard InChI is InChI=1S/C74H132O6/c1-4-7-10-13-16-19-22-25-28-30-32-33-34-35-36-37-38-39-40-41-43-44-46-49-52-55-58-61-64-67-73(76)79-70-71(69-78-72(75)66-63-60-57-54-51-48-27-24-21-18-15-12-9-6-3)80-74(77)68-65-62-59-56-53-50-47-45-42-31-29-26-23-20-17-14-11-8-5-2/h8,11,17,20,26,29-30,32,42,45,50,53,71H,4-7,9-10,12-16,18-19,21-25,27-28,31,33-41,43-44,46-49,51-52,54-70H2,1-3H3/b11-8-,20-17-,29-26-,32-30-,45-42-,53-50-. The minimum atomic E-state index is -0.792. The van der Waals surface area contributed by atoms with Crippen LogP contribution in [0.1, 0.15) is 361 Å². The Balaban J connectivity index is 4.26. The van der Waals surface area contributed by atoms with Gasteiger partial charge in [0.15, 0.2) is 6.10 Å². The van der Waals surface area contributed by atoms with Crippen molar-refractivity contribution < 1.29 is 28.6 Å². The van der Waals surface area contributed by atoms with Crippen LogP contribution >= 0.6 is 0 Å². The average molecular weight is 1120 g/mol. The minimum Gasteiger partial charge on any atom is -0.462 e. The van der Waals surface area contributed by atoms with Crippen molar-refractivity contribution in [2.75, 3.05) is 13.2 Å². The molecule has 0 aliphatic rings. The fraction of sp³-hybridized carbons (Fsp3) is 0.797. The van der Waals surface area contributed by atoms with Crippen molar-refractivity contribution in [3.05, 3.63) is 72.9 Å². The molecule has 0 aromatic carbocycles. The van der Waals surface area contributed by atoms with E-state index in [0.717, 1.165) is 96.3 Å². The molecule has 0 radical (unpaired) electrons. The number of hydrogen-bond acceptors (Lipinski definition) is 6. The Labute approximate surface area is 497 Å². The quantitative estimate of drug-likeness (QED) is 0.0261. The Bertz CT molecular complexity index is 1470. The number of rotatable bonds is 64. The Kier molecular flexibility index (Phi) is 65.7. The Morgan fingerprint density at radius 2 is 0.487 bits per heavy atom. The van der Waals surface area contributed by atoms with E-state index >= 15 is 0 Å². The van der Waals surface area contributed by atoms with E-state index in [2.05, 4.69) is 93.7 Å². The predicted octanol–water partition coefficient (Wildman–Crippen LogP) is 24.1. The molecule has 0 aliphatic carbocycles. The lowest BCUT2D eigenvalue weighted by atomic mass is 10.0. The fourth-order valence-electron chi connectivity index (χ4n) is 10.2. The van der Waals surface area contributed by atoms with Crippen LogP contribution in [0.5, 0.6) is 0 Å². The molecule has 0 spiro atoms. The molecule has 80 heavy (non-hydrogen) atoms. The molecule has 0 bridgehead atoms. The zero-order chi connectivity index (χ0) is 57.8. The molecular formula is C74H132O6. The second-order valence-electron chi connectivity index (χ2n) is 23.4. The van der Waals surface area contributed by atoms with E-state index in [4.69, 9.17) is 14.2 Å². The molecule has 0 rings (SSSR count). The van der Waals surface area contributed by atoms with Crippen LogP contribution in [0, 0.1) is 0 Å². The van der Waals surface area contributed by atoms with E-state index in [-0.39, 0.29) is 31.1 Å². The molecule has 0 aromatic rings. The van der Waals surface area contributed by atoms with Gasteiger partial charge in [-0.1, -0.05) is 325 Å². The highest BCUT2D eigenvalue weighted by atomic mass is 16.6. The van der Waals surface area contributed by atoms with Gasteiger partial charge in [0.25, 0.3) is 0 Å². The highest BCUT2D eigenvalue weighted by Crippen LogP contribution is 2.18. The maximum Gasteiger partial charge on any atom is 0.306 e. The topological polar surface area (TPSA) is 78.9 Å². The number of esters is 3. The van der Waals surface area contributed by atoms with Gasteiger partial charge in [0, 0.05) is 19.3 Å². The molecule has 6 nitrogen and oxygen atoms in total. The summed E-state index contributed by atoms with van der Waals surface area (Å²) in [6.45, 7) is 6.55. The Hall–Kier alpha value is -3.15. The summed E-state index contributed by atoms with van der Waals surface area (Å²) in [5.74, 6) is -0.896. The molecule has 1 atom stereocenters. The van der Waals surface area contributed by atoms with Gasteiger partial charge in [-0.05, 0) is 89.9 Å². The summed E-state index contributed by atoms with van der Waals surface area (Å²) in [4.78, 5) is 38.4. The third kappa shape index (κ3) is 65.7. The fourth-order valence-corrected chi connectivity index (χ4v) is 10.2. The number of hydrogen-bond donors (Lipinski definition) is 0. The van der Waals surface area contributed by atoms with Gasteiger partial charge < -0.3 is 14.2 Å². The molecule has 0 saturated carbocycles. The lowest BCUT2D eigenvalue weighted by Crippen LogP contribution is -2.30. The van der Waals surface area contributed by atoms with Crippen molar-refractivity contribution in [1.29, 1.82) is 0 Å². The van der Waals surface area contributed by atoms with Crippen LogP contribution in [0.3, 0.4) is 0 Å². The smallest absolute Gasteiger partial charge is 0.306 e. The first kappa shape index (κ1) is 76.9. The van der Waals surface area contributed by atoms with Crippen molar-refractivity contribution >= 4 is 17.9 Å². The number of unbranched alkanes of at least 4 members (excludes halogenated alkanes) is 41. The molecule has 0 amide bonds. The average Bonchev–Trinajstić information content (AvgIpc) is 3.46. The Morgan fingerprint density at radius 3 is 0.787 bits per heavy atom. The number of ether oxygens (including phenoxy) is 3. The molecule has 0 saturated heterocycles. The second kappa shape index (κ2) is 68.3. The molecular weight excluding hydrogens is 985 g/mol. The van der Waals surface area contributed by atoms with Gasteiger partial charge in [0.05, 0.1) is 0 Å². The van der Waals surface area contributed by atoms with Gasteiger partial charge in [0.2, 0.25) is 0 Å². The molecule has 0 heterocycles. The molecule has 0 fully saturated rings. The van der Waals surface area contributed by atoms with Crippen LogP contribution in [0.2, 0.25) is 0 Å². The summed E-state index contributed by atoms with van der Waals surface area (Å²) in [6, 6.07) is 0. The molecule has 0 N–H and O–H groups in total. The predicted molar refractivity (Wildman–Crippen MR) is 348 cm³/mol. The molecule has 0 aliphatic heterocycles. The largest absolute Gasteiger partial charge is 0.462 e. The van der Waals surface area contributed by atoms with Crippen molar-refractivity contribution in [3.8, 4) is 0 Å². The molecule has 1 unspecified atom stereocenters. The van der Waals surface area contributed by atoms with Gasteiger partial charge in [-0.15, -0.1) is 0 Å². The van der Waals surface area contributed by atoms with E-state index in [0.29, 0.717) is 19.3 Å². The van der Waals surface area contributed by atoms with Crippen molar-refractivity contribution in [1.82, 2.24) is 0 Å². The van der Waals surface area contributed by atoms with Crippen molar-refractivity contribution in [2.24, 2.45) is 0 Å². The van der Waals surface area contributed by atoms with Crippen LogP contribution in [-0.2, 0) is 28.6 Å². The first-order valence-corrected chi connectivity index (χ1v) is 34.9. The van der Waals surface area contributed by atoms with Gasteiger partial charge in [-0.25, -0.2) is 0 Å². The first-order chi connectivity index (χ1) is 39.5. The zero-order valence-electron chi connectivity index (χ0n) is 53.3. The van der Waals surface area contributed by atoms with Gasteiger partial charge in [-0.2, -0.15) is 0 Å². The van der Waals surface area contributed by atoms with Crippen molar-refractivity contribution in [3.63, 3.8) is 0 Å². The third-order valence-corrected chi connectivity index (χ3v) is 15.4. The number of allylic oxidation sites excluding steroid dienone is 12. The minimum absolute atomic E-state index is 0.0847. The van der Waals surface area contributed by atoms with Gasteiger partial charge in [-0.3, -0.25) is 14.4 Å². The second-order valence-corrected chi connectivity index (χ2v) is 23.4. The van der Waals surface area contributed by atoms with Gasteiger partial charge in [0.1, 0.15) is 13.2 Å². The van der Waals surface area contributed by atoms with Crippen LogP contribution in [0.4, 0.5) is 0 Å². The van der Waals surface area contributed by atoms with Crippen LogP contribution in [-0.4, -0.2) is 37.2 Å². The normalized spacial score (nSPS) is 12.5. The summed E-state index contributed by atoms with van der Waals surface area (Å²) in [7, 11) is 0. The maximum atomic E-state index is 12.9. The van der Waals surface area contributed by atoms with E-state index < -0.39 is 6.10 Å². The Morgan fingerprint density at radius 1 is 0.263 bits per heavy atom. The lowest BCUT2D eigenvalue weighted by molar-refractivity contribution is -0.167. The van der Waals surface area contributed by atoms with E-state index in [9.17, 15) is 14.4 Å². The summed E-state index contributed by atoms with van der Waals surface area (Å²) in [5.41, 5.74) is 0. The maximum absolute atomic E-state index is 12.9. The monoisotopic (exact) mass is 1120 g/mol. The van der Waals surface area contributed by atoms with Gasteiger partial charge >= 0.3 is 17.9 Å². The zero-order valence-corrected chi connectivity index (χ0v) is 53.3. The first-order valence-electron chi connectivity index (χ1n) is 34.9. The molecule has 0 aromatic heterocycles. The summed E-state index contributed by atoms with van der Waals surface area (Å²) in [6.07, 6.45) is 89.3. The highest BCUT2D eigenvalue weighted by Gasteiger charge is 2.19.